The second-order valence-corrected chi connectivity index (χ2v) is 17.3. The predicted octanol–water partition coefficient (Wildman–Crippen LogP) is 7.27. The average molecular weight is 907 g/mol. The lowest BCUT2D eigenvalue weighted by Gasteiger charge is -2.28. The third-order valence-corrected chi connectivity index (χ3v) is 13.0. The fraction of sp³-hybridized carbons (Fsp3) is 0.231. The molecule has 0 radical (unpaired) electrons. The first-order valence-electron chi connectivity index (χ1n) is 22.8. The van der Waals surface area contributed by atoms with Crippen molar-refractivity contribution < 1.29 is 19.2 Å². The molecule has 2 saturated heterocycles. The molecule has 0 saturated carbocycles. The first-order chi connectivity index (χ1) is 33.2. The number of aromatic nitrogens is 8. The van der Waals surface area contributed by atoms with Gasteiger partial charge in [0.25, 0.3) is 11.8 Å². The summed E-state index contributed by atoms with van der Waals surface area (Å²) in [7, 11) is 3.49. The molecule has 16 heteroatoms. The number of carbonyl (C=O) groups excluding carboxylic acids is 4. The maximum atomic E-state index is 14.3. The Morgan fingerprint density at radius 2 is 0.912 bits per heavy atom. The summed E-state index contributed by atoms with van der Waals surface area (Å²) in [5.74, 6) is 0.259. The Kier molecular flexibility index (Phi) is 12.0. The Balaban J connectivity index is 0.801. The van der Waals surface area contributed by atoms with Crippen molar-refractivity contribution >= 4 is 23.6 Å². The molecule has 10 rings (SSSR count). The summed E-state index contributed by atoms with van der Waals surface area (Å²) in [6.45, 7) is 1.09. The Morgan fingerprint density at radius 1 is 0.529 bits per heavy atom. The molecule has 4 N–H and O–H groups in total. The molecule has 0 unspecified atom stereocenters. The normalized spacial score (nSPS) is 16.7. The quantitative estimate of drug-likeness (QED) is 0.0929. The second kappa shape index (κ2) is 18.8. The Hall–Kier alpha value is -8.40. The van der Waals surface area contributed by atoms with E-state index in [9.17, 15) is 19.2 Å². The molecular formula is C52H50N12O4. The number of aryl methyl sites for hydroxylation is 2. The van der Waals surface area contributed by atoms with E-state index in [1.165, 1.54) is 12.4 Å². The van der Waals surface area contributed by atoms with Crippen molar-refractivity contribution in [1.82, 2.24) is 59.5 Å². The maximum Gasteiger partial charge on any atom is 0.270 e. The van der Waals surface area contributed by atoms with Gasteiger partial charge in [0.2, 0.25) is 11.8 Å². The van der Waals surface area contributed by atoms with Gasteiger partial charge in [-0.2, -0.15) is 0 Å². The summed E-state index contributed by atoms with van der Waals surface area (Å²) in [4.78, 5) is 83.5. The molecule has 2 aliphatic rings. The van der Waals surface area contributed by atoms with Crippen LogP contribution in [0.1, 0.15) is 93.6 Å². The molecular weight excluding hydrogens is 857 g/mol. The van der Waals surface area contributed by atoms with E-state index in [0.717, 1.165) is 59.3 Å². The van der Waals surface area contributed by atoms with Crippen LogP contribution in [0.15, 0.2) is 147 Å². The highest BCUT2D eigenvalue weighted by atomic mass is 16.2. The SMILES string of the molecule is Cn1cncc1C(=O)N[C@@H](C(=O)N1CCC[C@H]1c1ncc(-c2ccc(-c3ccc(-c4cnc([C@@H]5CCCN5C(=O)[C@H](NC(=O)c5cncn5C)c5ccccc5)[nH]4)cc3)cc2)[nH]1)c1ccccc1. The second-order valence-electron chi connectivity index (χ2n) is 17.3. The van der Waals surface area contributed by atoms with E-state index in [1.54, 1.807) is 35.9 Å². The van der Waals surface area contributed by atoms with Crippen molar-refractivity contribution in [2.24, 2.45) is 14.1 Å². The minimum Gasteiger partial charge on any atom is -0.340 e. The average Bonchev–Trinajstić information content (AvgIpc) is 4.24. The van der Waals surface area contributed by atoms with E-state index in [-0.39, 0.29) is 35.7 Å². The number of carbonyl (C=O) groups is 4. The van der Waals surface area contributed by atoms with Gasteiger partial charge in [0.15, 0.2) is 0 Å². The number of amides is 4. The zero-order valence-electron chi connectivity index (χ0n) is 37.6. The van der Waals surface area contributed by atoms with Gasteiger partial charge >= 0.3 is 0 Å². The van der Waals surface area contributed by atoms with E-state index in [2.05, 4.69) is 79.1 Å². The Labute approximate surface area is 392 Å². The zero-order valence-corrected chi connectivity index (χ0v) is 37.6. The lowest BCUT2D eigenvalue weighted by atomic mass is 10.0. The lowest BCUT2D eigenvalue weighted by Crippen LogP contribution is -2.43. The summed E-state index contributed by atoms with van der Waals surface area (Å²) in [5.41, 5.74) is 7.81. The smallest absolute Gasteiger partial charge is 0.270 e. The van der Waals surface area contributed by atoms with Gasteiger partial charge in [0, 0.05) is 27.2 Å². The van der Waals surface area contributed by atoms with Crippen molar-refractivity contribution in [3.05, 3.63) is 181 Å². The largest absolute Gasteiger partial charge is 0.340 e. The summed E-state index contributed by atoms with van der Waals surface area (Å²) < 4.78 is 3.25. The molecule has 0 spiro atoms. The minimum atomic E-state index is -0.882. The van der Waals surface area contributed by atoms with Crippen molar-refractivity contribution in [3.8, 4) is 33.6 Å². The molecule has 0 aliphatic carbocycles. The van der Waals surface area contributed by atoms with E-state index >= 15 is 0 Å². The summed E-state index contributed by atoms with van der Waals surface area (Å²) in [6.07, 6.45) is 12.8. The number of rotatable bonds is 13. The van der Waals surface area contributed by atoms with E-state index in [0.29, 0.717) is 47.3 Å². The standard InChI is InChI=1S/C52H50N12O4/c1-61-31-53-29-43(61)49(65)59-45(37-11-5-3-6-12-37)51(67)63-25-9-15-41(63)47-55-27-39(57-47)35-21-17-33(18-22-35)34-19-23-36(24-20-34)40-28-56-48(58-40)42-16-10-26-64(42)52(68)46(38-13-7-4-8-14-38)60-50(66)44-30-54-32-62(44)2/h3-8,11-14,17-24,27-32,41-42,45-46H,9-10,15-16,25-26H2,1-2H3,(H,55,57)(H,56,58)(H,59,65)(H,60,66)/t41-,42-,45+,46+/m0/s1. The van der Waals surface area contributed by atoms with E-state index in [1.807, 2.05) is 82.9 Å². The molecule has 342 valence electrons. The number of aromatic amines is 2. The van der Waals surface area contributed by atoms with Gasteiger partial charge < -0.3 is 39.5 Å². The van der Waals surface area contributed by atoms with Gasteiger partial charge in [-0.1, -0.05) is 109 Å². The Bertz CT molecular complexity index is 2860. The van der Waals surface area contributed by atoms with Crippen LogP contribution in [0.5, 0.6) is 0 Å². The molecule has 2 aliphatic heterocycles. The predicted molar refractivity (Wildman–Crippen MR) is 254 cm³/mol. The molecule has 16 nitrogen and oxygen atoms in total. The van der Waals surface area contributed by atoms with Crippen molar-refractivity contribution in [2.45, 2.75) is 49.9 Å². The summed E-state index contributed by atoms with van der Waals surface area (Å²) in [5, 5.41) is 5.94. The monoisotopic (exact) mass is 906 g/mol. The number of nitrogens with one attached hydrogen (secondary N) is 4. The zero-order chi connectivity index (χ0) is 46.7. The van der Waals surface area contributed by atoms with Gasteiger partial charge in [0.1, 0.15) is 35.1 Å². The molecule has 6 heterocycles. The summed E-state index contributed by atoms with van der Waals surface area (Å²) in [6, 6.07) is 32.8. The van der Waals surface area contributed by atoms with Gasteiger partial charge in [0.05, 0.1) is 60.9 Å². The fourth-order valence-electron chi connectivity index (χ4n) is 9.38. The number of hydrogen-bond acceptors (Lipinski definition) is 8. The highest BCUT2D eigenvalue weighted by Gasteiger charge is 2.39. The van der Waals surface area contributed by atoms with E-state index < -0.39 is 12.1 Å². The fourth-order valence-corrected chi connectivity index (χ4v) is 9.38. The Morgan fingerprint density at radius 3 is 1.28 bits per heavy atom. The van der Waals surface area contributed by atoms with Crippen LogP contribution < -0.4 is 10.6 Å². The molecule has 2 fully saturated rings. The molecule has 68 heavy (non-hydrogen) atoms. The third kappa shape index (κ3) is 8.70. The summed E-state index contributed by atoms with van der Waals surface area (Å²) >= 11 is 0. The molecule has 0 bridgehead atoms. The van der Waals surface area contributed by atoms with Crippen LogP contribution >= 0.6 is 0 Å². The van der Waals surface area contributed by atoms with Crippen LogP contribution in [-0.2, 0) is 23.7 Å². The van der Waals surface area contributed by atoms with Gasteiger partial charge in [-0.3, -0.25) is 19.2 Å². The minimum absolute atomic E-state index is 0.193. The highest BCUT2D eigenvalue weighted by Crippen LogP contribution is 2.36. The number of H-pyrrole nitrogens is 2. The molecule has 4 atom stereocenters. The topological polar surface area (TPSA) is 192 Å². The van der Waals surface area contributed by atoms with Crippen molar-refractivity contribution in [1.29, 1.82) is 0 Å². The third-order valence-electron chi connectivity index (χ3n) is 13.0. The van der Waals surface area contributed by atoms with Crippen LogP contribution in [0, 0.1) is 0 Å². The van der Waals surface area contributed by atoms with Crippen LogP contribution in [0.4, 0.5) is 0 Å². The van der Waals surface area contributed by atoms with Gasteiger partial charge in [-0.05, 0) is 59.1 Å². The first kappa shape index (κ1) is 43.5. The van der Waals surface area contributed by atoms with Crippen LogP contribution in [0.3, 0.4) is 0 Å². The van der Waals surface area contributed by atoms with Gasteiger partial charge in [-0.15, -0.1) is 0 Å². The number of imidazole rings is 4. The van der Waals surface area contributed by atoms with Gasteiger partial charge in [-0.25, -0.2) is 19.9 Å². The van der Waals surface area contributed by atoms with Crippen molar-refractivity contribution in [3.63, 3.8) is 0 Å². The molecule has 4 aromatic carbocycles. The number of benzene rings is 4. The van der Waals surface area contributed by atoms with Crippen LogP contribution in [0.25, 0.3) is 33.6 Å². The lowest BCUT2D eigenvalue weighted by molar-refractivity contribution is -0.135. The number of nitrogens with zero attached hydrogens (tertiary/aromatic N) is 8. The molecule has 8 aromatic rings. The van der Waals surface area contributed by atoms with E-state index in [4.69, 9.17) is 9.97 Å². The number of likely N-dealkylation sites (tertiary alicyclic amines) is 2. The molecule has 4 aromatic heterocycles. The molecule has 4 amide bonds. The van der Waals surface area contributed by atoms with Crippen LogP contribution in [0.2, 0.25) is 0 Å². The van der Waals surface area contributed by atoms with Crippen LogP contribution in [-0.4, -0.2) is 85.6 Å². The number of hydrogen-bond donors (Lipinski definition) is 4. The first-order valence-corrected chi connectivity index (χ1v) is 22.8. The highest BCUT2D eigenvalue weighted by molar-refractivity contribution is 5.97. The maximum absolute atomic E-state index is 14.3. The van der Waals surface area contributed by atoms with Crippen molar-refractivity contribution in [2.75, 3.05) is 13.1 Å².